The quantitative estimate of drug-likeness (QED) is 0.302. The van der Waals surface area contributed by atoms with Crippen LogP contribution in [-0.4, -0.2) is 45.2 Å². The lowest BCUT2D eigenvalue weighted by molar-refractivity contribution is -0.141. The fourth-order valence-electron chi connectivity index (χ4n) is 4.58. The van der Waals surface area contributed by atoms with Crippen LogP contribution in [0.1, 0.15) is 38.1 Å². The Balaban J connectivity index is 1.34. The second-order valence-corrected chi connectivity index (χ2v) is 11.4. The highest BCUT2D eigenvalue weighted by molar-refractivity contribution is 7.89. The summed E-state index contributed by atoms with van der Waals surface area (Å²) < 4.78 is 86.0. The Morgan fingerprint density at radius 2 is 1.85 bits per heavy atom. The largest absolute Gasteiger partial charge is 0.443 e. The molecule has 4 aromatic rings. The van der Waals surface area contributed by atoms with E-state index in [1.165, 1.54) is 30.6 Å². The van der Waals surface area contributed by atoms with E-state index in [1.807, 2.05) is 0 Å². The lowest BCUT2D eigenvalue weighted by atomic mass is 10.1. The number of amides is 1. The highest BCUT2D eigenvalue weighted by atomic mass is 32.2. The molecule has 0 atom stereocenters. The molecule has 3 aromatic heterocycles. The molecule has 0 spiro atoms. The van der Waals surface area contributed by atoms with Crippen molar-refractivity contribution in [2.24, 2.45) is 0 Å². The summed E-state index contributed by atoms with van der Waals surface area (Å²) in [6.07, 6.45) is -1.77. The molecule has 14 heteroatoms. The van der Waals surface area contributed by atoms with Gasteiger partial charge >= 0.3 is 6.18 Å². The number of hydrogen-bond donors (Lipinski definition) is 1. The molecule has 0 unspecified atom stereocenters. The van der Waals surface area contributed by atoms with E-state index >= 15 is 0 Å². The summed E-state index contributed by atoms with van der Waals surface area (Å²) in [5.74, 6) is -1.08. The van der Waals surface area contributed by atoms with Crippen LogP contribution in [0, 0.1) is 5.82 Å². The molecule has 1 aliphatic carbocycles. The number of nitrogens with one attached hydrogen (secondary N) is 1. The van der Waals surface area contributed by atoms with Crippen LogP contribution in [-0.2, 0) is 27.5 Å². The molecule has 1 N–H and O–H groups in total. The molecule has 1 amide bonds. The second-order valence-electron chi connectivity index (χ2n) is 9.68. The molecule has 0 aliphatic heterocycles. The monoisotopic (exact) mass is 577 g/mol. The van der Waals surface area contributed by atoms with Crippen LogP contribution in [0.3, 0.4) is 0 Å². The molecule has 1 aromatic carbocycles. The van der Waals surface area contributed by atoms with Gasteiger partial charge in [0, 0.05) is 29.3 Å². The summed E-state index contributed by atoms with van der Waals surface area (Å²) in [5.41, 5.74) is -1.22. The summed E-state index contributed by atoms with van der Waals surface area (Å²) >= 11 is 0. The number of pyridine rings is 1. The smallest absolute Gasteiger partial charge is 0.433 e. The molecule has 0 radical (unpaired) electrons. The average Bonchev–Trinajstić information content (AvgIpc) is 3.56. The fraction of sp³-hybridized carbons (Fsp3) is 0.308. The van der Waals surface area contributed by atoms with Crippen LogP contribution < -0.4 is 5.32 Å². The molecular formula is C26H23F4N5O4S. The van der Waals surface area contributed by atoms with E-state index in [2.05, 4.69) is 20.3 Å². The minimum absolute atomic E-state index is 0.0833. The molecule has 0 saturated heterocycles. The Hall–Kier alpha value is -3.91. The van der Waals surface area contributed by atoms with E-state index in [0.717, 1.165) is 28.7 Å². The topological polar surface area (TPSA) is 118 Å². The molecule has 9 nitrogen and oxygen atoms in total. The number of nitrogens with zero attached hydrogens (tertiary/aromatic N) is 4. The van der Waals surface area contributed by atoms with Crippen LogP contribution in [0.4, 0.5) is 17.6 Å². The Kier molecular flexibility index (Phi) is 6.86. The van der Waals surface area contributed by atoms with Gasteiger partial charge in [-0.3, -0.25) is 9.78 Å². The van der Waals surface area contributed by atoms with Crippen molar-refractivity contribution < 1.29 is 35.2 Å². The normalized spacial score (nSPS) is 15.1. The first-order chi connectivity index (χ1) is 18.8. The Morgan fingerprint density at radius 1 is 1.10 bits per heavy atom. The van der Waals surface area contributed by atoms with Crippen molar-refractivity contribution in [2.75, 3.05) is 0 Å². The number of furan rings is 1. The van der Waals surface area contributed by atoms with E-state index < -0.39 is 50.3 Å². The zero-order chi connectivity index (χ0) is 28.9. The van der Waals surface area contributed by atoms with Crippen LogP contribution in [0.15, 0.2) is 64.5 Å². The molecular weight excluding hydrogens is 554 g/mol. The molecule has 1 aliphatic rings. The van der Waals surface area contributed by atoms with Crippen molar-refractivity contribution in [1.29, 1.82) is 0 Å². The number of carbonyl (C=O) groups excluding carboxylic acids is 1. The Labute approximate surface area is 226 Å². The summed E-state index contributed by atoms with van der Waals surface area (Å²) in [6.45, 7) is 3.20. The predicted molar refractivity (Wildman–Crippen MR) is 134 cm³/mol. The number of carbonyl (C=O) groups is 1. The first kappa shape index (κ1) is 27.6. The first-order valence-corrected chi connectivity index (χ1v) is 13.6. The predicted octanol–water partition coefficient (Wildman–Crippen LogP) is 4.69. The molecule has 210 valence electrons. The summed E-state index contributed by atoms with van der Waals surface area (Å²) in [4.78, 5) is 25.0. The van der Waals surface area contributed by atoms with Crippen LogP contribution in [0.25, 0.3) is 22.2 Å². The zero-order valence-corrected chi connectivity index (χ0v) is 22.1. The van der Waals surface area contributed by atoms with Crippen molar-refractivity contribution in [1.82, 2.24) is 24.6 Å². The maximum absolute atomic E-state index is 13.6. The SMILES string of the molecule is CC(C)N(C1(C(=O)NCc2cc(-c3ccc(C(F)(F)F)nc3)ncn2)CC1)S(=O)(=O)c1cc2cc(F)ccc2o1. The van der Waals surface area contributed by atoms with E-state index in [4.69, 9.17) is 4.42 Å². The number of aromatic nitrogens is 3. The number of alkyl halides is 3. The Morgan fingerprint density at radius 3 is 2.48 bits per heavy atom. The van der Waals surface area contributed by atoms with Gasteiger partial charge in [0.05, 0.1) is 17.9 Å². The average molecular weight is 578 g/mol. The van der Waals surface area contributed by atoms with Crippen LogP contribution in [0.2, 0.25) is 0 Å². The lowest BCUT2D eigenvalue weighted by Crippen LogP contribution is -2.54. The maximum Gasteiger partial charge on any atom is 0.433 e. The highest BCUT2D eigenvalue weighted by Crippen LogP contribution is 2.46. The van der Waals surface area contributed by atoms with Gasteiger partial charge in [0.25, 0.3) is 10.0 Å². The van der Waals surface area contributed by atoms with E-state index in [1.54, 1.807) is 13.8 Å². The first-order valence-electron chi connectivity index (χ1n) is 12.2. The van der Waals surface area contributed by atoms with Gasteiger partial charge in [0.15, 0.2) is 0 Å². The van der Waals surface area contributed by atoms with Crippen LogP contribution in [0.5, 0.6) is 0 Å². The van der Waals surface area contributed by atoms with E-state index in [-0.39, 0.29) is 30.4 Å². The summed E-state index contributed by atoms with van der Waals surface area (Å²) in [6, 6.07) is 7.84. The zero-order valence-electron chi connectivity index (χ0n) is 21.2. The third kappa shape index (κ3) is 5.16. The fourth-order valence-corrected chi connectivity index (χ4v) is 6.53. The number of fused-ring (bicyclic) bond motifs is 1. The van der Waals surface area contributed by atoms with Crippen molar-refractivity contribution in [3.63, 3.8) is 0 Å². The maximum atomic E-state index is 13.6. The van der Waals surface area contributed by atoms with Crippen LogP contribution >= 0.6 is 0 Å². The summed E-state index contributed by atoms with van der Waals surface area (Å²) in [5, 5.41) is 2.60. The molecule has 5 rings (SSSR count). The van der Waals surface area contributed by atoms with Crippen molar-refractivity contribution in [2.45, 2.75) is 56.1 Å². The molecule has 1 saturated carbocycles. The molecule has 0 bridgehead atoms. The minimum atomic E-state index is -4.57. The highest BCUT2D eigenvalue weighted by Gasteiger charge is 2.60. The molecule has 1 fully saturated rings. The Bertz CT molecular complexity index is 1680. The third-order valence-corrected chi connectivity index (χ3v) is 8.51. The second kappa shape index (κ2) is 9.93. The van der Waals surface area contributed by atoms with Gasteiger partial charge in [0.2, 0.25) is 11.0 Å². The van der Waals surface area contributed by atoms with Gasteiger partial charge in [-0.1, -0.05) is 0 Å². The number of rotatable bonds is 8. The van der Waals surface area contributed by atoms with Gasteiger partial charge in [-0.15, -0.1) is 0 Å². The minimum Gasteiger partial charge on any atom is -0.443 e. The van der Waals surface area contributed by atoms with E-state index in [0.29, 0.717) is 17.0 Å². The van der Waals surface area contributed by atoms with Crippen molar-refractivity contribution in [3.05, 3.63) is 72.2 Å². The summed E-state index contributed by atoms with van der Waals surface area (Å²) in [7, 11) is -4.28. The van der Waals surface area contributed by atoms with E-state index in [9.17, 15) is 30.8 Å². The number of halogens is 4. The van der Waals surface area contributed by atoms with Gasteiger partial charge in [-0.2, -0.15) is 17.5 Å². The van der Waals surface area contributed by atoms with Crippen molar-refractivity contribution >= 4 is 26.9 Å². The van der Waals surface area contributed by atoms with Gasteiger partial charge < -0.3 is 9.73 Å². The lowest BCUT2D eigenvalue weighted by Gasteiger charge is -2.32. The number of sulfonamides is 1. The van der Waals surface area contributed by atoms with Gasteiger partial charge in [-0.25, -0.2) is 22.8 Å². The standard InChI is InChI=1S/C26H23F4N5O4S/c1-15(2)35(40(37,38)23-10-17-9-18(27)4-5-21(17)39-23)25(7-8-25)24(36)32-13-19-11-20(34-14-33-19)16-3-6-22(31-12-16)26(28,29)30/h3-6,9-12,14-15H,7-8,13H2,1-2H3,(H,32,36). The van der Waals surface area contributed by atoms with Gasteiger partial charge in [-0.05, 0) is 63.1 Å². The third-order valence-electron chi connectivity index (χ3n) is 6.51. The molecule has 3 heterocycles. The number of benzene rings is 1. The number of hydrogen-bond acceptors (Lipinski definition) is 7. The molecule has 40 heavy (non-hydrogen) atoms. The van der Waals surface area contributed by atoms with Gasteiger partial charge in [0.1, 0.15) is 29.0 Å². The van der Waals surface area contributed by atoms with Crippen molar-refractivity contribution in [3.8, 4) is 11.3 Å².